The van der Waals surface area contributed by atoms with Gasteiger partial charge < -0.3 is 15.9 Å². The lowest BCUT2D eigenvalue weighted by molar-refractivity contribution is -0.140. The van der Waals surface area contributed by atoms with E-state index in [1.165, 1.54) is 6.07 Å². The zero-order valence-electron chi connectivity index (χ0n) is 10.3. The highest BCUT2D eigenvalue weighted by Crippen LogP contribution is 2.34. The summed E-state index contributed by atoms with van der Waals surface area (Å²) < 4.78 is 56.0. The van der Waals surface area contributed by atoms with E-state index in [2.05, 4.69) is 15.4 Å². The maximum absolute atomic E-state index is 13.1. The Balaban J connectivity index is 2.34. The van der Waals surface area contributed by atoms with Crippen LogP contribution in [0, 0.1) is 5.82 Å². The molecule has 0 bridgehead atoms. The van der Waals surface area contributed by atoms with Crippen LogP contribution in [0.3, 0.4) is 0 Å². The van der Waals surface area contributed by atoms with Gasteiger partial charge in [-0.3, -0.25) is 0 Å². The van der Waals surface area contributed by atoms with Crippen molar-refractivity contribution in [1.29, 1.82) is 0 Å². The Labute approximate surface area is 115 Å². The van der Waals surface area contributed by atoms with E-state index >= 15 is 0 Å². The molecular formula is C11H9F4N5O. The molecule has 0 saturated heterocycles. The van der Waals surface area contributed by atoms with Gasteiger partial charge in [0.25, 0.3) is 0 Å². The first-order valence-corrected chi connectivity index (χ1v) is 5.45. The maximum atomic E-state index is 13.1. The number of hydrogen-bond acceptors (Lipinski definition) is 6. The normalized spacial score (nSPS) is 11.3. The van der Waals surface area contributed by atoms with Crippen LogP contribution >= 0.6 is 0 Å². The first kappa shape index (κ1) is 14.8. The Morgan fingerprint density at radius 1 is 1.14 bits per heavy atom. The van der Waals surface area contributed by atoms with Crippen molar-refractivity contribution in [2.24, 2.45) is 5.84 Å². The predicted octanol–water partition coefficient (Wildman–Crippen LogP) is 2.29. The van der Waals surface area contributed by atoms with Gasteiger partial charge in [-0.2, -0.15) is 23.1 Å². The molecule has 0 spiro atoms. The zero-order chi connectivity index (χ0) is 15.6. The van der Waals surface area contributed by atoms with Crippen molar-refractivity contribution in [3.05, 3.63) is 35.6 Å². The van der Waals surface area contributed by atoms with Crippen molar-refractivity contribution in [2.75, 3.05) is 11.2 Å². The molecule has 0 aliphatic rings. The minimum atomic E-state index is -4.84. The zero-order valence-corrected chi connectivity index (χ0v) is 10.3. The number of benzene rings is 1. The van der Waals surface area contributed by atoms with Crippen LogP contribution in [0.2, 0.25) is 0 Å². The van der Waals surface area contributed by atoms with Crippen LogP contribution in [-0.4, -0.2) is 9.97 Å². The Bertz CT molecular complexity index is 662. The van der Waals surface area contributed by atoms with Crippen LogP contribution in [0.4, 0.5) is 29.3 Å². The van der Waals surface area contributed by atoms with Crippen molar-refractivity contribution in [2.45, 2.75) is 6.18 Å². The third-order valence-electron chi connectivity index (χ3n) is 2.33. The minimum Gasteiger partial charge on any atom is -0.439 e. The lowest BCUT2D eigenvalue weighted by atomic mass is 10.2. The van der Waals surface area contributed by atoms with E-state index in [1.54, 1.807) is 0 Å². The molecule has 1 aromatic carbocycles. The Hall–Kier alpha value is -2.62. The minimum absolute atomic E-state index is 0.107. The monoisotopic (exact) mass is 303 g/mol. The summed E-state index contributed by atoms with van der Waals surface area (Å²) in [6.45, 7) is 0. The number of nitrogen functional groups attached to an aromatic ring is 2. The van der Waals surface area contributed by atoms with Gasteiger partial charge in [0.2, 0.25) is 11.8 Å². The van der Waals surface area contributed by atoms with Gasteiger partial charge in [0.05, 0.1) is 5.56 Å². The quantitative estimate of drug-likeness (QED) is 0.457. The number of nitrogens with two attached hydrogens (primary N) is 2. The van der Waals surface area contributed by atoms with Gasteiger partial charge in [-0.05, 0) is 18.2 Å². The van der Waals surface area contributed by atoms with Crippen molar-refractivity contribution in [3.8, 4) is 11.6 Å². The van der Waals surface area contributed by atoms with Gasteiger partial charge in [0.15, 0.2) is 0 Å². The molecule has 0 radical (unpaired) electrons. The predicted molar refractivity (Wildman–Crippen MR) is 65.7 cm³/mol. The topological polar surface area (TPSA) is 99.1 Å². The van der Waals surface area contributed by atoms with E-state index in [0.29, 0.717) is 12.1 Å². The molecule has 21 heavy (non-hydrogen) atoms. The van der Waals surface area contributed by atoms with Crippen molar-refractivity contribution in [1.82, 2.24) is 9.97 Å². The molecule has 0 saturated carbocycles. The number of nitrogens with one attached hydrogen (secondary N) is 1. The highest BCUT2D eigenvalue weighted by atomic mass is 19.4. The SMILES string of the molecule is NNc1cc(Oc2ccc(F)c(C(F)(F)F)c2)nc(N)n1. The number of rotatable bonds is 3. The molecule has 0 atom stereocenters. The number of alkyl halides is 3. The maximum Gasteiger partial charge on any atom is 0.419 e. The molecule has 0 unspecified atom stereocenters. The summed E-state index contributed by atoms with van der Waals surface area (Å²) in [6.07, 6.45) is -4.84. The second-order valence-corrected chi connectivity index (χ2v) is 3.84. The standard InChI is InChI=1S/C11H9F4N5O/c12-7-2-1-5(3-6(7)11(13,14)15)21-9-4-8(20-17)18-10(16)19-9/h1-4H,17H2,(H3,16,18,19,20). The van der Waals surface area contributed by atoms with E-state index in [1.807, 2.05) is 0 Å². The molecule has 10 heteroatoms. The summed E-state index contributed by atoms with van der Waals surface area (Å²) in [7, 11) is 0. The van der Waals surface area contributed by atoms with Crippen LogP contribution < -0.4 is 21.7 Å². The number of nitrogens with zero attached hydrogens (tertiary/aromatic N) is 2. The Kier molecular flexibility index (Phi) is 3.80. The lowest BCUT2D eigenvalue weighted by Gasteiger charge is -2.11. The van der Waals surface area contributed by atoms with Gasteiger partial charge in [-0.15, -0.1) is 0 Å². The number of hydrogen-bond donors (Lipinski definition) is 3. The summed E-state index contributed by atoms with van der Waals surface area (Å²) in [5, 5.41) is 0. The molecule has 112 valence electrons. The first-order valence-electron chi connectivity index (χ1n) is 5.45. The van der Waals surface area contributed by atoms with Gasteiger partial charge in [-0.25, -0.2) is 10.2 Å². The van der Waals surface area contributed by atoms with Crippen LogP contribution in [0.5, 0.6) is 11.6 Å². The molecule has 2 aromatic rings. The van der Waals surface area contributed by atoms with E-state index in [0.717, 1.165) is 6.07 Å². The number of halogens is 4. The van der Waals surface area contributed by atoms with Crippen LogP contribution in [0.25, 0.3) is 0 Å². The molecule has 0 aliphatic heterocycles. The number of anilines is 2. The number of hydrazine groups is 1. The average molecular weight is 303 g/mol. The fourth-order valence-electron chi connectivity index (χ4n) is 1.47. The van der Waals surface area contributed by atoms with Gasteiger partial charge >= 0.3 is 6.18 Å². The molecule has 1 aromatic heterocycles. The summed E-state index contributed by atoms with van der Waals surface area (Å²) in [5.41, 5.74) is 6.12. The second kappa shape index (κ2) is 5.40. The van der Waals surface area contributed by atoms with E-state index in [9.17, 15) is 17.6 Å². The summed E-state index contributed by atoms with van der Waals surface area (Å²) >= 11 is 0. The molecule has 0 fully saturated rings. The van der Waals surface area contributed by atoms with Crippen molar-refractivity contribution in [3.63, 3.8) is 0 Å². The van der Waals surface area contributed by atoms with Crippen LogP contribution in [0.15, 0.2) is 24.3 Å². The molecule has 2 rings (SSSR count). The lowest BCUT2D eigenvalue weighted by Crippen LogP contribution is -2.11. The van der Waals surface area contributed by atoms with Gasteiger partial charge in [0, 0.05) is 6.07 Å². The number of ether oxygens (including phenoxy) is 1. The molecule has 6 nitrogen and oxygen atoms in total. The third kappa shape index (κ3) is 3.48. The van der Waals surface area contributed by atoms with E-state index in [4.69, 9.17) is 16.3 Å². The van der Waals surface area contributed by atoms with Crippen LogP contribution in [0.1, 0.15) is 5.56 Å². The molecule has 5 N–H and O–H groups in total. The number of aromatic nitrogens is 2. The first-order chi connectivity index (χ1) is 9.79. The van der Waals surface area contributed by atoms with Crippen molar-refractivity contribution >= 4 is 11.8 Å². The smallest absolute Gasteiger partial charge is 0.419 e. The fraction of sp³-hybridized carbons (Fsp3) is 0.0909. The Morgan fingerprint density at radius 3 is 2.48 bits per heavy atom. The highest BCUT2D eigenvalue weighted by Gasteiger charge is 2.34. The summed E-state index contributed by atoms with van der Waals surface area (Å²) in [5.74, 6) is 3.24. The summed E-state index contributed by atoms with van der Waals surface area (Å²) in [4.78, 5) is 7.34. The fourth-order valence-corrected chi connectivity index (χ4v) is 1.47. The molecule has 0 aliphatic carbocycles. The average Bonchev–Trinajstić information content (AvgIpc) is 2.39. The molecular weight excluding hydrogens is 294 g/mol. The van der Waals surface area contributed by atoms with E-state index < -0.39 is 17.6 Å². The second-order valence-electron chi connectivity index (χ2n) is 3.84. The molecule has 0 amide bonds. The highest BCUT2D eigenvalue weighted by molar-refractivity contribution is 5.43. The van der Waals surface area contributed by atoms with Crippen molar-refractivity contribution < 1.29 is 22.3 Å². The largest absolute Gasteiger partial charge is 0.439 e. The third-order valence-corrected chi connectivity index (χ3v) is 2.33. The Morgan fingerprint density at radius 2 is 1.86 bits per heavy atom. The molecule has 1 heterocycles. The van der Waals surface area contributed by atoms with E-state index in [-0.39, 0.29) is 23.4 Å². The van der Waals surface area contributed by atoms with Crippen LogP contribution in [-0.2, 0) is 6.18 Å². The summed E-state index contributed by atoms with van der Waals surface area (Å²) in [6, 6.07) is 3.40. The van der Waals surface area contributed by atoms with Gasteiger partial charge in [0.1, 0.15) is 17.4 Å². The van der Waals surface area contributed by atoms with Gasteiger partial charge in [-0.1, -0.05) is 0 Å².